The number of carbonyl (C=O) groups excluding carboxylic acids is 1. The summed E-state index contributed by atoms with van der Waals surface area (Å²) in [6, 6.07) is 7.66. The summed E-state index contributed by atoms with van der Waals surface area (Å²) in [5, 5.41) is 0. The molecule has 6 heteroatoms. The molecule has 1 saturated carbocycles. The van der Waals surface area contributed by atoms with Crippen molar-refractivity contribution in [1.82, 2.24) is 4.90 Å². The highest BCUT2D eigenvalue weighted by molar-refractivity contribution is 7.93. The SMILES string of the molecule is CN(C(=O)C=Cc1ccc(N2CCCS2(=O)=O)cc1)C1CCCC1. The molecule has 1 amide bonds. The standard InChI is InChI=1S/C18H24N2O3S/c1-19(16-5-2-3-6-16)18(21)12-9-15-7-10-17(11-8-15)20-13-4-14-24(20,22)23/h7-12,16H,2-6,13-14H2,1H3. The molecule has 2 fully saturated rings. The fourth-order valence-corrected chi connectivity index (χ4v) is 5.00. The molecule has 0 atom stereocenters. The smallest absolute Gasteiger partial charge is 0.246 e. The second-order valence-electron chi connectivity index (χ2n) is 6.55. The molecule has 0 spiro atoms. The van der Waals surface area contributed by atoms with E-state index in [0.29, 0.717) is 24.7 Å². The van der Waals surface area contributed by atoms with Crippen molar-refractivity contribution in [3.05, 3.63) is 35.9 Å². The lowest BCUT2D eigenvalue weighted by Crippen LogP contribution is -2.33. The fourth-order valence-electron chi connectivity index (χ4n) is 3.44. The van der Waals surface area contributed by atoms with Gasteiger partial charge in [0.2, 0.25) is 15.9 Å². The highest BCUT2D eigenvalue weighted by Gasteiger charge is 2.28. The molecule has 24 heavy (non-hydrogen) atoms. The molecule has 5 nitrogen and oxygen atoms in total. The lowest BCUT2D eigenvalue weighted by molar-refractivity contribution is -0.126. The zero-order chi connectivity index (χ0) is 17.2. The van der Waals surface area contributed by atoms with Crippen LogP contribution in [0, 0.1) is 0 Å². The average molecular weight is 348 g/mol. The largest absolute Gasteiger partial charge is 0.339 e. The van der Waals surface area contributed by atoms with Crippen molar-refractivity contribution in [2.24, 2.45) is 0 Å². The van der Waals surface area contributed by atoms with Crippen LogP contribution in [0.25, 0.3) is 6.08 Å². The quantitative estimate of drug-likeness (QED) is 0.786. The molecule has 1 saturated heterocycles. The monoisotopic (exact) mass is 348 g/mol. The van der Waals surface area contributed by atoms with Crippen molar-refractivity contribution in [3.63, 3.8) is 0 Å². The van der Waals surface area contributed by atoms with E-state index in [1.54, 1.807) is 24.3 Å². The third-order valence-corrected chi connectivity index (χ3v) is 6.79. The summed E-state index contributed by atoms with van der Waals surface area (Å²) < 4.78 is 25.3. The first-order valence-electron chi connectivity index (χ1n) is 8.53. The van der Waals surface area contributed by atoms with Gasteiger partial charge in [0, 0.05) is 25.7 Å². The van der Waals surface area contributed by atoms with Crippen molar-refractivity contribution in [3.8, 4) is 0 Å². The summed E-state index contributed by atoms with van der Waals surface area (Å²) in [4.78, 5) is 14.0. The van der Waals surface area contributed by atoms with Gasteiger partial charge >= 0.3 is 0 Å². The second kappa shape index (κ2) is 6.97. The molecule has 0 unspecified atom stereocenters. The highest BCUT2D eigenvalue weighted by atomic mass is 32.2. The van der Waals surface area contributed by atoms with Crippen LogP contribution in [0.1, 0.15) is 37.7 Å². The minimum Gasteiger partial charge on any atom is -0.339 e. The zero-order valence-electron chi connectivity index (χ0n) is 14.0. The van der Waals surface area contributed by atoms with Crippen LogP contribution >= 0.6 is 0 Å². The van der Waals surface area contributed by atoms with Crippen LogP contribution in [-0.2, 0) is 14.8 Å². The first-order chi connectivity index (χ1) is 11.5. The van der Waals surface area contributed by atoms with E-state index in [1.165, 1.54) is 17.1 Å². The summed E-state index contributed by atoms with van der Waals surface area (Å²) >= 11 is 0. The molecule has 0 aromatic heterocycles. The van der Waals surface area contributed by atoms with E-state index in [0.717, 1.165) is 18.4 Å². The lowest BCUT2D eigenvalue weighted by atomic mass is 10.1. The molecule has 1 aromatic carbocycles. The number of carbonyl (C=O) groups is 1. The summed E-state index contributed by atoms with van der Waals surface area (Å²) in [5.74, 6) is 0.240. The van der Waals surface area contributed by atoms with Crippen LogP contribution in [0.3, 0.4) is 0 Å². The van der Waals surface area contributed by atoms with E-state index in [1.807, 2.05) is 24.1 Å². The Balaban J connectivity index is 1.64. The van der Waals surface area contributed by atoms with Gasteiger partial charge < -0.3 is 4.90 Å². The van der Waals surface area contributed by atoms with Gasteiger partial charge in [0.05, 0.1) is 11.4 Å². The third kappa shape index (κ3) is 3.64. The van der Waals surface area contributed by atoms with Gasteiger partial charge in [0.15, 0.2) is 0 Å². The molecule has 1 aromatic rings. The van der Waals surface area contributed by atoms with E-state index in [2.05, 4.69) is 0 Å². The summed E-state index contributed by atoms with van der Waals surface area (Å²) in [5.41, 5.74) is 1.59. The first kappa shape index (κ1) is 17.0. The Morgan fingerprint density at radius 3 is 2.42 bits per heavy atom. The fraction of sp³-hybridized carbons (Fsp3) is 0.500. The molecule has 3 rings (SSSR count). The van der Waals surface area contributed by atoms with E-state index < -0.39 is 10.0 Å². The Bertz CT molecular complexity index is 719. The molecule has 1 heterocycles. The van der Waals surface area contributed by atoms with Crippen molar-refractivity contribution >= 4 is 27.7 Å². The van der Waals surface area contributed by atoms with Gasteiger partial charge in [-0.1, -0.05) is 25.0 Å². The number of likely N-dealkylation sites (N-methyl/N-ethyl adjacent to an activating group) is 1. The molecule has 1 aliphatic carbocycles. The van der Waals surface area contributed by atoms with Gasteiger partial charge in [0.1, 0.15) is 0 Å². The second-order valence-corrected chi connectivity index (χ2v) is 8.57. The van der Waals surface area contributed by atoms with Gasteiger partial charge in [-0.2, -0.15) is 0 Å². The predicted molar refractivity (Wildman–Crippen MR) is 96.3 cm³/mol. The molecule has 0 N–H and O–H groups in total. The summed E-state index contributed by atoms with van der Waals surface area (Å²) in [7, 11) is -1.28. The highest BCUT2D eigenvalue weighted by Crippen LogP contribution is 2.25. The van der Waals surface area contributed by atoms with Crippen molar-refractivity contribution in [2.75, 3.05) is 23.7 Å². The number of amides is 1. The van der Waals surface area contributed by atoms with Crippen molar-refractivity contribution < 1.29 is 13.2 Å². The van der Waals surface area contributed by atoms with Gasteiger partial charge in [0.25, 0.3) is 0 Å². The number of anilines is 1. The predicted octanol–water partition coefficient (Wildman–Crippen LogP) is 2.64. The Labute approximate surface area is 144 Å². The molecule has 0 bridgehead atoms. The van der Waals surface area contributed by atoms with Gasteiger partial charge in [-0.15, -0.1) is 0 Å². The molecule has 130 valence electrons. The topological polar surface area (TPSA) is 57.7 Å². The number of benzene rings is 1. The minimum absolute atomic E-state index is 0.0214. The zero-order valence-corrected chi connectivity index (χ0v) is 14.8. The van der Waals surface area contributed by atoms with Gasteiger partial charge in [-0.3, -0.25) is 9.10 Å². The maximum atomic E-state index is 12.2. The Morgan fingerprint density at radius 2 is 1.83 bits per heavy atom. The first-order valence-corrected chi connectivity index (χ1v) is 10.1. The van der Waals surface area contributed by atoms with Gasteiger partial charge in [-0.25, -0.2) is 8.42 Å². The van der Waals surface area contributed by atoms with E-state index in [4.69, 9.17) is 0 Å². The van der Waals surface area contributed by atoms with E-state index in [-0.39, 0.29) is 11.7 Å². The summed E-state index contributed by atoms with van der Waals surface area (Å²) in [6.45, 7) is 0.544. The maximum Gasteiger partial charge on any atom is 0.246 e. The maximum absolute atomic E-state index is 12.2. The molecular weight excluding hydrogens is 324 g/mol. The van der Waals surface area contributed by atoms with E-state index in [9.17, 15) is 13.2 Å². The number of hydrogen-bond acceptors (Lipinski definition) is 3. The van der Waals surface area contributed by atoms with Crippen molar-refractivity contribution in [1.29, 1.82) is 0 Å². The molecule has 0 radical (unpaired) electrons. The Kier molecular flexibility index (Phi) is 4.94. The normalized spacial score (nSPS) is 20.8. The third-order valence-electron chi connectivity index (χ3n) is 4.92. The van der Waals surface area contributed by atoms with Gasteiger partial charge in [-0.05, 0) is 43.0 Å². The number of nitrogens with zero attached hydrogens (tertiary/aromatic N) is 2. The minimum atomic E-state index is -3.14. The lowest BCUT2D eigenvalue weighted by Gasteiger charge is -2.22. The van der Waals surface area contributed by atoms with Crippen LogP contribution in [-0.4, -0.2) is 44.6 Å². The van der Waals surface area contributed by atoms with E-state index >= 15 is 0 Å². The molecular formula is C18H24N2O3S. The van der Waals surface area contributed by atoms with Crippen molar-refractivity contribution in [2.45, 2.75) is 38.1 Å². The number of sulfonamides is 1. The Hall–Kier alpha value is -1.82. The average Bonchev–Trinajstić information content (AvgIpc) is 3.21. The van der Waals surface area contributed by atoms with Crippen LogP contribution in [0.5, 0.6) is 0 Å². The molecule has 2 aliphatic rings. The summed E-state index contributed by atoms with van der Waals surface area (Å²) in [6.07, 6.45) is 8.64. The Morgan fingerprint density at radius 1 is 1.17 bits per heavy atom. The van der Waals surface area contributed by atoms with Crippen LogP contribution < -0.4 is 4.31 Å². The number of hydrogen-bond donors (Lipinski definition) is 0. The van der Waals surface area contributed by atoms with Crippen LogP contribution in [0.4, 0.5) is 5.69 Å². The molecule has 1 aliphatic heterocycles. The van der Waals surface area contributed by atoms with Crippen LogP contribution in [0.2, 0.25) is 0 Å². The number of rotatable bonds is 4. The van der Waals surface area contributed by atoms with Crippen LogP contribution in [0.15, 0.2) is 30.3 Å².